The Morgan fingerprint density at radius 2 is 1.91 bits per heavy atom. The first kappa shape index (κ1) is 10.2. The topological polar surface area (TPSA) is 20.2 Å². The first-order chi connectivity index (χ1) is 5.20. The Hall–Kier alpha value is -0.820. The van der Waals surface area contributed by atoms with Gasteiger partial charge in [-0.1, -0.05) is 35.5 Å². The quantitative estimate of drug-likeness (QED) is 0.616. The number of rotatable bonds is 3. The van der Waals surface area contributed by atoms with Crippen molar-refractivity contribution in [3.8, 4) is 0 Å². The van der Waals surface area contributed by atoms with E-state index in [4.69, 9.17) is 5.11 Å². The van der Waals surface area contributed by atoms with Crippen molar-refractivity contribution in [1.29, 1.82) is 0 Å². The van der Waals surface area contributed by atoms with E-state index in [1.54, 1.807) is 6.08 Å². The summed E-state index contributed by atoms with van der Waals surface area (Å²) in [4.78, 5) is 0. The van der Waals surface area contributed by atoms with Crippen molar-refractivity contribution >= 4 is 0 Å². The van der Waals surface area contributed by atoms with Gasteiger partial charge in [-0.05, 0) is 20.8 Å². The molecule has 0 saturated heterocycles. The fraction of sp³-hybridized carbons (Fsp3) is 0.400. The molecule has 0 aliphatic heterocycles. The summed E-state index contributed by atoms with van der Waals surface area (Å²) in [7, 11) is 0. The molecule has 1 nitrogen and oxygen atoms in total. The van der Waals surface area contributed by atoms with Crippen molar-refractivity contribution in [2.45, 2.75) is 20.8 Å². The molecule has 0 aliphatic rings. The van der Waals surface area contributed by atoms with Crippen molar-refractivity contribution in [1.82, 2.24) is 0 Å². The van der Waals surface area contributed by atoms with Gasteiger partial charge in [0, 0.05) is 0 Å². The maximum absolute atomic E-state index is 8.48. The van der Waals surface area contributed by atoms with E-state index < -0.39 is 0 Å². The Labute approximate surface area is 68.7 Å². The van der Waals surface area contributed by atoms with E-state index in [1.165, 1.54) is 5.57 Å². The minimum atomic E-state index is 0.111. The summed E-state index contributed by atoms with van der Waals surface area (Å²) in [6.45, 7) is 6.18. The predicted molar refractivity (Wildman–Crippen MR) is 49.4 cm³/mol. The zero-order chi connectivity index (χ0) is 8.69. The molecule has 1 N–H and O–H groups in total. The fourth-order valence-electron chi connectivity index (χ4n) is 0.729. The third-order valence-electron chi connectivity index (χ3n) is 1.40. The summed E-state index contributed by atoms with van der Waals surface area (Å²) < 4.78 is 0. The first-order valence-corrected chi connectivity index (χ1v) is 3.79. The largest absolute Gasteiger partial charge is 0.392 e. The van der Waals surface area contributed by atoms with E-state index in [9.17, 15) is 0 Å². The maximum atomic E-state index is 8.48. The van der Waals surface area contributed by atoms with Crippen LogP contribution in [0.1, 0.15) is 20.8 Å². The van der Waals surface area contributed by atoms with Crippen LogP contribution in [0.4, 0.5) is 0 Å². The molecule has 0 atom stereocenters. The molecular weight excluding hydrogens is 136 g/mol. The minimum Gasteiger partial charge on any atom is -0.392 e. The lowest BCUT2D eigenvalue weighted by Crippen LogP contribution is -1.74. The third kappa shape index (κ3) is 5.62. The maximum Gasteiger partial charge on any atom is 0.0615 e. The molecule has 0 rings (SSSR count). The van der Waals surface area contributed by atoms with Crippen LogP contribution < -0.4 is 0 Å². The van der Waals surface area contributed by atoms with Crippen LogP contribution in [-0.4, -0.2) is 11.7 Å². The Kier molecular flexibility index (Phi) is 5.49. The van der Waals surface area contributed by atoms with E-state index in [1.807, 2.05) is 19.9 Å². The highest BCUT2D eigenvalue weighted by atomic mass is 16.2. The lowest BCUT2D eigenvalue weighted by atomic mass is 10.2. The van der Waals surface area contributed by atoms with Crippen LogP contribution in [0.3, 0.4) is 0 Å². The van der Waals surface area contributed by atoms with Gasteiger partial charge in [-0.25, -0.2) is 0 Å². The highest BCUT2D eigenvalue weighted by Crippen LogP contribution is 2.01. The van der Waals surface area contributed by atoms with Crippen LogP contribution in [-0.2, 0) is 0 Å². The van der Waals surface area contributed by atoms with Gasteiger partial charge in [-0.15, -0.1) is 0 Å². The average molecular weight is 152 g/mol. The van der Waals surface area contributed by atoms with E-state index in [0.29, 0.717) is 0 Å². The standard InChI is InChI=1S/C10H16O/c1-4-9(2)8-10(3)6-5-7-11/h4-6,8,11H,7H2,1-3H3/b6-5+,9-4+,10-8+. The fourth-order valence-corrected chi connectivity index (χ4v) is 0.729. The monoisotopic (exact) mass is 152 g/mol. The van der Waals surface area contributed by atoms with Crippen molar-refractivity contribution in [2.24, 2.45) is 0 Å². The smallest absolute Gasteiger partial charge is 0.0615 e. The van der Waals surface area contributed by atoms with Gasteiger partial charge >= 0.3 is 0 Å². The molecule has 0 aliphatic carbocycles. The van der Waals surface area contributed by atoms with Gasteiger partial charge in [0.15, 0.2) is 0 Å². The highest BCUT2D eigenvalue weighted by Gasteiger charge is 1.81. The molecule has 0 unspecified atom stereocenters. The van der Waals surface area contributed by atoms with Crippen LogP contribution in [0.15, 0.2) is 35.5 Å². The Balaban J connectivity index is 4.11. The van der Waals surface area contributed by atoms with Crippen LogP contribution in [0.25, 0.3) is 0 Å². The molecule has 0 saturated carbocycles. The Bertz CT molecular complexity index is 185. The summed E-state index contributed by atoms with van der Waals surface area (Å²) in [5.41, 5.74) is 2.40. The molecule has 0 spiro atoms. The molecule has 62 valence electrons. The summed E-state index contributed by atoms with van der Waals surface area (Å²) in [5, 5.41) is 8.48. The molecule has 0 aromatic heterocycles. The second kappa shape index (κ2) is 5.93. The van der Waals surface area contributed by atoms with Gasteiger partial charge in [0.25, 0.3) is 0 Å². The molecule has 0 radical (unpaired) electrons. The van der Waals surface area contributed by atoms with Crippen molar-refractivity contribution in [2.75, 3.05) is 6.61 Å². The molecule has 0 amide bonds. The molecular formula is C10H16O. The Morgan fingerprint density at radius 1 is 1.27 bits per heavy atom. The molecule has 0 heterocycles. The second-order valence-electron chi connectivity index (χ2n) is 2.51. The number of aliphatic hydroxyl groups excluding tert-OH is 1. The van der Waals surface area contributed by atoms with E-state index in [2.05, 4.69) is 19.1 Å². The van der Waals surface area contributed by atoms with Crippen molar-refractivity contribution in [3.63, 3.8) is 0 Å². The zero-order valence-corrected chi connectivity index (χ0v) is 7.46. The molecule has 0 aromatic carbocycles. The average Bonchev–Trinajstić information content (AvgIpc) is 2.00. The normalized spacial score (nSPS) is 14.5. The number of allylic oxidation sites excluding steroid dienone is 5. The van der Waals surface area contributed by atoms with Crippen LogP contribution in [0, 0.1) is 0 Å². The van der Waals surface area contributed by atoms with Gasteiger partial charge < -0.3 is 5.11 Å². The van der Waals surface area contributed by atoms with E-state index in [-0.39, 0.29) is 6.61 Å². The zero-order valence-electron chi connectivity index (χ0n) is 7.46. The van der Waals surface area contributed by atoms with Crippen molar-refractivity contribution in [3.05, 3.63) is 35.5 Å². The summed E-state index contributed by atoms with van der Waals surface area (Å²) >= 11 is 0. The number of aliphatic hydroxyl groups is 1. The predicted octanol–water partition coefficient (Wildman–Crippen LogP) is 2.45. The molecule has 11 heavy (non-hydrogen) atoms. The van der Waals surface area contributed by atoms with E-state index in [0.717, 1.165) is 5.57 Å². The Morgan fingerprint density at radius 3 is 2.36 bits per heavy atom. The number of hydrogen-bond acceptors (Lipinski definition) is 1. The van der Waals surface area contributed by atoms with Crippen LogP contribution in [0.2, 0.25) is 0 Å². The van der Waals surface area contributed by atoms with Crippen molar-refractivity contribution < 1.29 is 5.11 Å². The summed E-state index contributed by atoms with van der Waals surface area (Å²) in [6.07, 6.45) is 7.77. The SMILES string of the molecule is C/C=C(C)/C=C(C)/C=C/CO. The third-order valence-corrected chi connectivity index (χ3v) is 1.40. The lowest BCUT2D eigenvalue weighted by molar-refractivity contribution is 0.342. The minimum absolute atomic E-state index is 0.111. The van der Waals surface area contributed by atoms with Gasteiger partial charge in [0.05, 0.1) is 6.61 Å². The molecule has 0 aromatic rings. The van der Waals surface area contributed by atoms with Gasteiger partial charge in [-0.3, -0.25) is 0 Å². The number of hydrogen-bond donors (Lipinski definition) is 1. The lowest BCUT2D eigenvalue weighted by Gasteiger charge is -1.92. The summed E-state index contributed by atoms with van der Waals surface area (Å²) in [5.74, 6) is 0. The second-order valence-corrected chi connectivity index (χ2v) is 2.51. The first-order valence-electron chi connectivity index (χ1n) is 3.79. The van der Waals surface area contributed by atoms with Gasteiger partial charge in [0.1, 0.15) is 0 Å². The molecule has 0 bridgehead atoms. The molecule has 0 fully saturated rings. The van der Waals surface area contributed by atoms with Gasteiger partial charge in [-0.2, -0.15) is 0 Å². The molecule has 1 heteroatoms. The summed E-state index contributed by atoms with van der Waals surface area (Å²) in [6, 6.07) is 0. The van der Waals surface area contributed by atoms with Crippen LogP contribution in [0.5, 0.6) is 0 Å². The highest BCUT2D eigenvalue weighted by molar-refractivity contribution is 5.26. The van der Waals surface area contributed by atoms with E-state index >= 15 is 0 Å². The van der Waals surface area contributed by atoms with Crippen LogP contribution >= 0.6 is 0 Å². The van der Waals surface area contributed by atoms with Gasteiger partial charge in [0.2, 0.25) is 0 Å².